The van der Waals surface area contributed by atoms with Gasteiger partial charge in [0.05, 0.1) is 10.6 Å². The third kappa shape index (κ3) is 8.69. The van der Waals surface area contributed by atoms with Crippen LogP contribution in [-0.2, 0) is 32.6 Å². The van der Waals surface area contributed by atoms with Gasteiger partial charge in [0.15, 0.2) is 0 Å². The van der Waals surface area contributed by atoms with E-state index < -0.39 is 28.5 Å². The van der Waals surface area contributed by atoms with Crippen LogP contribution in [0.15, 0.2) is 114 Å². The second kappa shape index (κ2) is 15.6. The van der Waals surface area contributed by atoms with Crippen LogP contribution in [0.4, 0.5) is 5.69 Å². The number of anilines is 1. The van der Waals surface area contributed by atoms with Crippen LogP contribution in [0.25, 0.3) is 0 Å². The first kappa shape index (κ1) is 33.5. The van der Waals surface area contributed by atoms with Gasteiger partial charge >= 0.3 is 0 Å². The van der Waals surface area contributed by atoms with Crippen molar-refractivity contribution >= 4 is 50.7 Å². The van der Waals surface area contributed by atoms with Crippen LogP contribution in [0.5, 0.6) is 0 Å². The molecule has 1 fully saturated rings. The van der Waals surface area contributed by atoms with Gasteiger partial charge in [0.2, 0.25) is 11.8 Å². The standard InChI is InChI=1S/C36H37Cl2N3O4S/c37-29-19-21-32(22-20-29)41(46(44,45)33-17-8-3-9-18-33)26-35(42)40(25-28-13-10-14-30(38)23-28)34(24-27-11-4-1-5-12-27)36(43)39-31-15-6-2-7-16-31/h1,3-5,8-14,17-23,31,34H,2,6-7,15-16,24-26H2,(H,39,43). The fraction of sp³-hybridized carbons (Fsp3) is 0.278. The molecule has 240 valence electrons. The Morgan fingerprint density at radius 2 is 1.39 bits per heavy atom. The van der Waals surface area contributed by atoms with E-state index in [1.807, 2.05) is 36.4 Å². The molecule has 0 aliphatic heterocycles. The fourth-order valence-electron chi connectivity index (χ4n) is 5.79. The van der Waals surface area contributed by atoms with Crippen molar-refractivity contribution in [3.63, 3.8) is 0 Å². The molecule has 10 heteroatoms. The Balaban J connectivity index is 1.55. The highest BCUT2D eigenvalue weighted by Gasteiger charge is 2.35. The Morgan fingerprint density at radius 3 is 2.04 bits per heavy atom. The molecular weight excluding hydrogens is 641 g/mol. The summed E-state index contributed by atoms with van der Waals surface area (Å²) in [6, 6.07) is 30.0. The molecule has 1 saturated carbocycles. The number of carbonyl (C=O) groups is 2. The molecule has 0 heterocycles. The van der Waals surface area contributed by atoms with Crippen molar-refractivity contribution in [1.82, 2.24) is 10.2 Å². The van der Waals surface area contributed by atoms with Crippen molar-refractivity contribution < 1.29 is 18.0 Å². The highest BCUT2D eigenvalue weighted by molar-refractivity contribution is 7.92. The molecule has 2 amide bonds. The van der Waals surface area contributed by atoms with Gasteiger partial charge in [-0.1, -0.05) is 103 Å². The predicted molar refractivity (Wildman–Crippen MR) is 183 cm³/mol. The third-order valence-electron chi connectivity index (χ3n) is 8.19. The quantitative estimate of drug-likeness (QED) is 0.171. The number of nitrogens with one attached hydrogen (secondary N) is 1. The van der Waals surface area contributed by atoms with Crippen LogP contribution < -0.4 is 9.62 Å². The first-order valence-electron chi connectivity index (χ1n) is 15.4. The molecule has 1 N–H and O–H groups in total. The number of benzene rings is 4. The Morgan fingerprint density at radius 1 is 0.761 bits per heavy atom. The summed E-state index contributed by atoms with van der Waals surface area (Å²) in [4.78, 5) is 30.2. The van der Waals surface area contributed by atoms with Crippen molar-refractivity contribution in [3.05, 3.63) is 130 Å². The first-order valence-corrected chi connectivity index (χ1v) is 17.6. The molecule has 7 nitrogen and oxygen atoms in total. The Labute approximate surface area is 281 Å². The summed E-state index contributed by atoms with van der Waals surface area (Å²) in [6.07, 6.45) is 5.21. The van der Waals surface area contributed by atoms with Crippen molar-refractivity contribution in [1.29, 1.82) is 0 Å². The maximum atomic E-state index is 14.6. The van der Waals surface area contributed by atoms with Gasteiger partial charge in [0.1, 0.15) is 12.6 Å². The summed E-state index contributed by atoms with van der Waals surface area (Å²) >= 11 is 12.5. The zero-order chi connectivity index (χ0) is 32.5. The molecule has 1 aliphatic rings. The van der Waals surface area contributed by atoms with Crippen LogP contribution in [0, 0.1) is 0 Å². The van der Waals surface area contributed by atoms with E-state index in [0.29, 0.717) is 15.6 Å². The van der Waals surface area contributed by atoms with Gasteiger partial charge in [-0.05, 0) is 72.5 Å². The zero-order valence-corrected chi connectivity index (χ0v) is 27.7. The van der Waals surface area contributed by atoms with Crippen LogP contribution in [0.1, 0.15) is 43.2 Å². The van der Waals surface area contributed by atoms with Crippen molar-refractivity contribution in [2.45, 2.75) is 62.0 Å². The number of hydrogen-bond donors (Lipinski definition) is 1. The average molecular weight is 679 g/mol. The molecule has 0 spiro atoms. The minimum absolute atomic E-state index is 0.0201. The van der Waals surface area contributed by atoms with E-state index in [1.54, 1.807) is 60.7 Å². The molecule has 1 aliphatic carbocycles. The van der Waals surface area contributed by atoms with Crippen LogP contribution in [0.2, 0.25) is 10.0 Å². The topological polar surface area (TPSA) is 86.8 Å². The SMILES string of the molecule is O=C(NC1CCCCC1)C(Cc1ccccc1)N(Cc1cccc(Cl)c1)C(=O)CN(c1ccc(Cl)cc1)S(=O)(=O)c1ccccc1. The van der Waals surface area contributed by atoms with E-state index in [1.165, 1.54) is 17.0 Å². The second-order valence-electron chi connectivity index (χ2n) is 11.5. The average Bonchev–Trinajstić information content (AvgIpc) is 3.07. The molecular formula is C36H37Cl2N3O4S. The van der Waals surface area contributed by atoms with Gasteiger partial charge in [0.25, 0.3) is 10.0 Å². The van der Waals surface area contributed by atoms with Gasteiger partial charge in [-0.2, -0.15) is 0 Å². The van der Waals surface area contributed by atoms with E-state index >= 15 is 0 Å². The lowest BCUT2D eigenvalue weighted by Gasteiger charge is -2.35. The predicted octanol–water partition coefficient (Wildman–Crippen LogP) is 7.28. The van der Waals surface area contributed by atoms with Gasteiger partial charge in [-0.25, -0.2) is 8.42 Å². The summed E-state index contributed by atoms with van der Waals surface area (Å²) in [5, 5.41) is 4.13. The Hall–Kier alpha value is -3.85. The maximum Gasteiger partial charge on any atom is 0.264 e. The lowest BCUT2D eigenvalue weighted by Crippen LogP contribution is -2.55. The van der Waals surface area contributed by atoms with Crippen LogP contribution >= 0.6 is 23.2 Å². The summed E-state index contributed by atoms with van der Waals surface area (Å²) in [5.41, 5.74) is 1.87. The Bertz CT molecular complexity index is 1720. The molecule has 0 aromatic heterocycles. The zero-order valence-electron chi connectivity index (χ0n) is 25.4. The molecule has 46 heavy (non-hydrogen) atoms. The van der Waals surface area contributed by atoms with Crippen molar-refractivity contribution in [2.24, 2.45) is 0 Å². The monoisotopic (exact) mass is 677 g/mol. The van der Waals surface area contributed by atoms with Gasteiger partial charge in [-0.3, -0.25) is 13.9 Å². The lowest BCUT2D eigenvalue weighted by molar-refractivity contribution is -0.140. The maximum absolute atomic E-state index is 14.6. The minimum atomic E-state index is -4.18. The van der Waals surface area contributed by atoms with Gasteiger partial charge < -0.3 is 10.2 Å². The molecule has 0 radical (unpaired) electrons. The molecule has 5 rings (SSSR count). The number of amides is 2. The molecule has 4 aromatic carbocycles. The van der Waals surface area contributed by atoms with E-state index in [9.17, 15) is 18.0 Å². The highest BCUT2D eigenvalue weighted by atomic mass is 35.5. The molecule has 1 unspecified atom stereocenters. The second-order valence-corrected chi connectivity index (χ2v) is 14.2. The smallest absolute Gasteiger partial charge is 0.264 e. The summed E-state index contributed by atoms with van der Waals surface area (Å²) in [7, 11) is -4.18. The lowest BCUT2D eigenvalue weighted by atomic mass is 9.94. The number of carbonyl (C=O) groups excluding carboxylic acids is 2. The molecule has 4 aromatic rings. The number of rotatable bonds is 12. The van der Waals surface area contributed by atoms with Crippen LogP contribution in [0.3, 0.4) is 0 Å². The number of halogens is 2. The highest BCUT2D eigenvalue weighted by Crippen LogP contribution is 2.27. The van der Waals surface area contributed by atoms with Gasteiger partial charge in [-0.15, -0.1) is 0 Å². The summed E-state index contributed by atoms with van der Waals surface area (Å²) in [5.74, 6) is -0.802. The largest absolute Gasteiger partial charge is 0.352 e. The Kier molecular flexibility index (Phi) is 11.4. The van der Waals surface area contributed by atoms with E-state index in [0.717, 1.165) is 42.0 Å². The summed E-state index contributed by atoms with van der Waals surface area (Å²) in [6.45, 7) is -0.490. The van der Waals surface area contributed by atoms with E-state index in [-0.39, 0.29) is 35.5 Å². The first-order chi connectivity index (χ1) is 22.2. The van der Waals surface area contributed by atoms with E-state index in [4.69, 9.17) is 23.2 Å². The number of sulfonamides is 1. The summed E-state index contributed by atoms with van der Waals surface area (Å²) < 4.78 is 29.2. The number of nitrogens with zero attached hydrogens (tertiary/aromatic N) is 2. The third-order valence-corrected chi connectivity index (χ3v) is 10.5. The van der Waals surface area contributed by atoms with Crippen molar-refractivity contribution in [2.75, 3.05) is 10.8 Å². The fourth-order valence-corrected chi connectivity index (χ4v) is 7.56. The number of hydrogen-bond acceptors (Lipinski definition) is 4. The van der Waals surface area contributed by atoms with Gasteiger partial charge in [0, 0.05) is 29.1 Å². The van der Waals surface area contributed by atoms with Crippen LogP contribution in [-0.4, -0.2) is 43.8 Å². The van der Waals surface area contributed by atoms with E-state index in [2.05, 4.69) is 5.32 Å². The molecule has 0 saturated heterocycles. The normalized spacial score (nSPS) is 14.3. The molecule has 0 bridgehead atoms. The molecule has 1 atom stereocenters. The van der Waals surface area contributed by atoms with Crippen molar-refractivity contribution in [3.8, 4) is 0 Å². The minimum Gasteiger partial charge on any atom is -0.352 e.